The van der Waals surface area contributed by atoms with Crippen LogP contribution >= 0.6 is 35.0 Å². The molecular formula is C18H16Cl2N4OS. The Hall–Kier alpha value is -2.15. The Kier molecular flexibility index (Phi) is 5.76. The second-order valence-corrected chi connectivity index (χ2v) is 7.71. The largest absolute Gasteiger partial charge is 0.337 e. The van der Waals surface area contributed by atoms with Crippen LogP contribution in [-0.2, 0) is 4.79 Å². The Labute approximate surface area is 165 Å². The van der Waals surface area contributed by atoms with E-state index in [1.807, 2.05) is 30.3 Å². The fourth-order valence-corrected chi connectivity index (χ4v) is 3.40. The number of thioether (sulfide) groups is 1. The molecule has 0 radical (unpaired) electrons. The summed E-state index contributed by atoms with van der Waals surface area (Å²) in [6, 6.07) is 14.6. The van der Waals surface area contributed by atoms with Crippen molar-refractivity contribution < 1.29 is 4.79 Å². The average molecular weight is 407 g/mol. The summed E-state index contributed by atoms with van der Waals surface area (Å²) in [5.74, 6) is 5.77. The number of rotatable bonds is 5. The Morgan fingerprint density at radius 2 is 1.96 bits per heavy atom. The molecule has 0 bridgehead atoms. The van der Waals surface area contributed by atoms with Gasteiger partial charge in [-0.1, -0.05) is 65.3 Å². The summed E-state index contributed by atoms with van der Waals surface area (Å²) in [5, 5.41) is 3.81. The van der Waals surface area contributed by atoms with Gasteiger partial charge in [0.05, 0.1) is 27.9 Å². The highest BCUT2D eigenvalue weighted by molar-refractivity contribution is 8.00. The van der Waals surface area contributed by atoms with E-state index in [2.05, 4.69) is 10.3 Å². The normalized spacial score (nSPS) is 12.0. The number of nitrogen functional groups attached to an aromatic ring is 1. The van der Waals surface area contributed by atoms with E-state index in [9.17, 15) is 4.79 Å². The molecule has 0 fully saturated rings. The maximum absolute atomic E-state index is 12.5. The third kappa shape index (κ3) is 4.33. The van der Waals surface area contributed by atoms with E-state index in [1.54, 1.807) is 31.3 Å². The molecule has 0 aliphatic heterocycles. The number of halogens is 2. The molecule has 8 heteroatoms. The van der Waals surface area contributed by atoms with Crippen molar-refractivity contribution in [2.24, 2.45) is 0 Å². The van der Waals surface area contributed by atoms with E-state index in [0.29, 0.717) is 20.9 Å². The monoisotopic (exact) mass is 406 g/mol. The van der Waals surface area contributed by atoms with Crippen molar-refractivity contribution in [1.29, 1.82) is 0 Å². The number of nitrogens with two attached hydrogens (primary N) is 1. The minimum atomic E-state index is -0.432. The van der Waals surface area contributed by atoms with Crippen LogP contribution in [0.4, 0.5) is 5.69 Å². The highest BCUT2D eigenvalue weighted by Crippen LogP contribution is 2.29. The number of carbonyl (C=O) groups is 1. The minimum absolute atomic E-state index is 0.219. The molecule has 26 heavy (non-hydrogen) atoms. The fraction of sp³-hybridized carbons (Fsp3) is 0.111. The first kappa shape index (κ1) is 18.6. The lowest BCUT2D eigenvalue weighted by molar-refractivity contribution is -0.115. The first-order valence-corrected chi connectivity index (χ1v) is 9.40. The van der Waals surface area contributed by atoms with Gasteiger partial charge in [-0.05, 0) is 25.1 Å². The molecule has 0 saturated heterocycles. The van der Waals surface area contributed by atoms with Crippen LogP contribution < -0.4 is 11.2 Å². The second-order valence-electron chi connectivity index (χ2n) is 5.56. The van der Waals surface area contributed by atoms with E-state index in [1.165, 1.54) is 16.4 Å². The van der Waals surface area contributed by atoms with Gasteiger partial charge in [0.25, 0.3) is 0 Å². The van der Waals surface area contributed by atoms with Crippen LogP contribution in [-0.4, -0.2) is 20.8 Å². The number of anilines is 1. The van der Waals surface area contributed by atoms with Gasteiger partial charge < -0.3 is 11.2 Å². The Morgan fingerprint density at radius 3 is 2.69 bits per heavy atom. The van der Waals surface area contributed by atoms with Crippen molar-refractivity contribution in [3.8, 4) is 11.3 Å². The molecule has 1 amide bonds. The smallest absolute Gasteiger partial charge is 0.237 e. The van der Waals surface area contributed by atoms with Gasteiger partial charge in [-0.25, -0.2) is 9.66 Å². The summed E-state index contributed by atoms with van der Waals surface area (Å²) in [7, 11) is 0. The van der Waals surface area contributed by atoms with E-state index >= 15 is 0 Å². The Balaban J connectivity index is 1.71. The SMILES string of the molecule is CC(Sc1nc(-c2ccccc2)cn1N)C(=O)Nc1cc(Cl)ccc1Cl. The summed E-state index contributed by atoms with van der Waals surface area (Å²) in [5.41, 5.74) is 2.18. The molecule has 1 unspecified atom stereocenters. The van der Waals surface area contributed by atoms with Crippen LogP contribution in [0, 0.1) is 0 Å². The Bertz CT molecular complexity index is 930. The van der Waals surface area contributed by atoms with Crippen LogP contribution in [0.3, 0.4) is 0 Å². The molecule has 3 aromatic rings. The zero-order chi connectivity index (χ0) is 18.7. The fourth-order valence-electron chi connectivity index (χ4n) is 2.25. The summed E-state index contributed by atoms with van der Waals surface area (Å²) >= 11 is 13.3. The molecular weight excluding hydrogens is 391 g/mol. The summed E-state index contributed by atoms with van der Waals surface area (Å²) < 4.78 is 1.42. The quantitative estimate of drug-likeness (QED) is 0.476. The zero-order valence-electron chi connectivity index (χ0n) is 13.8. The van der Waals surface area contributed by atoms with Gasteiger partial charge in [0, 0.05) is 10.6 Å². The number of benzene rings is 2. The minimum Gasteiger partial charge on any atom is -0.337 e. The van der Waals surface area contributed by atoms with Gasteiger partial charge in [-0.2, -0.15) is 0 Å². The van der Waals surface area contributed by atoms with E-state index < -0.39 is 5.25 Å². The lowest BCUT2D eigenvalue weighted by Crippen LogP contribution is -2.23. The molecule has 1 aromatic heterocycles. The number of imidazole rings is 1. The molecule has 3 N–H and O–H groups in total. The van der Waals surface area contributed by atoms with Crippen LogP contribution in [0.2, 0.25) is 10.0 Å². The van der Waals surface area contributed by atoms with Gasteiger partial charge in [0.2, 0.25) is 5.91 Å². The summed E-state index contributed by atoms with van der Waals surface area (Å²) in [4.78, 5) is 17.0. The maximum Gasteiger partial charge on any atom is 0.237 e. The number of hydrogen-bond donors (Lipinski definition) is 2. The number of amides is 1. The van der Waals surface area contributed by atoms with Crippen LogP contribution in [0.5, 0.6) is 0 Å². The first-order valence-electron chi connectivity index (χ1n) is 7.76. The molecule has 134 valence electrons. The topological polar surface area (TPSA) is 72.9 Å². The van der Waals surface area contributed by atoms with E-state index in [0.717, 1.165) is 11.3 Å². The predicted molar refractivity (Wildman–Crippen MR) is 108 cm³/mol. The number of nitrogens with one attached hydrogen (secondary N) is 1. The van der Waals surface area contributed by atoms with E-state index in [-0.39, 0.29) is 5.91 Å². The van der Waals surface area contributed by atoms with Gasteiger partial charge >= 0.3 is 0 Å². The Morgan fingerprint density at radius 1 is 1.23 bits per heavy atom. The number of hydrogen-bond acceptors (Lipinski definition) is 4. The highest BCUT2D eigenvalue weighted by Gasteiger charge is 2.19. The third-order valence-electron chi connectivity index (χ3n) is 3.61. The number of aromatic nitrogens is 2. The van der Waals surface area contributed by atoms with Crippen molar-refractivity contribution in [1.82, 2.24) is 9.66 Å². The molecule has 0 saturated carbocycles. The van der Waals surface area contributed by atoms with Crippen molar-refractivity contribution in [2.45, 2.75) is 17.3 Å². The molecule has 3 rings (SSSR count). The second kappa shape index (κ2) is 8.03. The van der Waals surface area contributed by atoms with Crippen LogP contribution in [0.1, 0.15) is 6.92 Å². The van der Waals surface area contributed by atoms with Crippen LogP contribution in [0.15, 0.2) is 59.9 Å². The van der Waals surface area contributed by atoms with Gasteiger partial charge in [0.15, 0.2) is 5.16 Å². The number of nitrogens with zero attached hydrogens (tertiary/aromatic N) is 2. The molecule has 2 aromatic carbocycles. The third-order valence-corrected chi connectivity index (χ3v) is 5.25. The van der Waals surface area contributed by atoms with Gasteiger partial charge in [-0.15, -0.1) is 0 Å². The predicted octanol–water partition coefficient (Wildman–Crippen LogP) is 4.69. The summed E-state index contributed by atoms with van der Waals surface area (Å²) in [6.07, 6.45) is 1.73. The number of carbonyl (C=O) groups excluding carboxylic acids is 1. The molecule has 1 atom stereocenters. The van der Waals surface area contributed by atoms with Gasteiger partial charge in [-0.3, -0.25) is 4.79 Å². The molecule has 0 aliphatic carbocycles. The average Bonchev–Trinajstić information content (AvgIpc) is 2.99. The van der Waals surface area contributed by atoms with Crippen molar-refractivity contribution in [2.75, 3.05) is 11.2 Å². The van der Waals surface area contributed by atoms with E-state index in [4.69, 9.17) is 29.0 Å². The molecule has 0 spiro atoms. The van der Waals surface area contributed by atoms with Crippen molar-refractivity contribution in [3.05, 3.63) is 64.8 Å². The van der Waals surface area contributed by atoms with Crippen LogP contribution in [0.25, 0.3) is 11.3 Å². The standard InChI is InChI=1S/C18H16Cl2N4OS/c1-11(17(25)22-15-9-13(19)7-8-14(15)20)26-18-23-16(10-24(18)21)12-5-3-2-4-6-12/h2-11H,21H2,1H3,(H,22,25). The highest BCUT2D eigenvalue weighted by atomic mass is 35.5. The maximum atomic E-state index is 12.5. The lowest BCUT2D eigenvalue weighted by atomic mass is 10.2. The molecule has 1 heterocycles. The zero-order valence-corrected chi connectivity index (χ0v) is 16.1. The van der Waals surface area contributed by atoms with Crippen molar-refractivity contribution >= 4 is 46.6 Å². The van der Waals surface area contributed by atoms with Crippen molar-refractivity contribution in [3.63, 3.8) is 0 Å². The van der Waals surface area contributed by atoms with Gasteiger partial charge in [0.1, 0.15) is 0 Å². The first-order chi connectivity index (χ1) is 12.4. The summed E-state index contributed by atoms with van der Waals surface area (Å²) in [6.45, 7) is 1.77. The molecule has 0 aliphatic rings. The molecule has 5 nitrogen and oxygen atoms in total. The lowest BCUT2D eigenvalue weighted by Gasteiger charge is -2.12.